The molecule has 2 aromatic heterocycles. The average Bonchev–Trinajstić information content (AvgIpc) is 2.54. The summed E-state index contributed by atoms with van der Waals surface area (Å²) in [7, 11) is 0. The largest absolute Gasteiger partial charge is 0.370 e. The van der Waals surface area contributed by atoms with E-state index in [4.69, 9.17) is 0 Å². The third-order valence-corrected chi connectivity index (χ3v) is 3.97. The van der Waals surface area contributed by atoms with Gasteiger partial charge in [-0.25, -0.2) is 9.97 Å². The molecule has 6 heteroatoms. The maximum Gasteiger partial charge on any atom is 0.223 e. The van der Waals surface area contributed by atoms with E-state index < -0.39 is 0 Å². The van der Waals surface area contributed by atoms with E-state index in [9.17, 15) is 4.79 Å². The van der Waals surface area contributed by atoms with Crippen LogP contribution in [0.25, 0.3) is 11.2 Å². The number of rotatable bonds is 3. The van der Waals surface area contributed by atoms with Crippen molar-refractivity contribution in [2.45, 2.75) is 32.7 Å². The second-order valence-electron chi connectivity index (χ2n) is 6.02. The summed E-state index contributed by atoms with van der Waals surface area (Å²) in [5.74, 6) is 0.295. The summed E-state index contributed by atoms with van der Waals surface area (Å²) in [4.78, 5) is 27.2. The molecule has 1 amide bonds. The number of aromatic nitrogens is 3. The minimum Gasteiger partial charge on any atom is -0.370 e. The molecule has 0 aliphatic carbocycles. The van der Waals surface area contributed by atoms with Gasteiger partial charge in [0.05, 0.1) is 11.9 Å². The van der Waals surface area contributed by atoms with Gasteiger partial charge in [-0.1, -0.05) is 0 Å². The fourth-order valence-electron chi connectivity index (χ4n) is 2.82. The van der Waals surface area contributed by atoms with Crippen LogP contribution in [0.15, 0.2) is 24.7 Å². The van der Waals surface area contributed by atoms with Crippen LogP contribution < -0.4 is 10.2 Å². The minimum absolute atomic E-state index is 0.117. The summed E-state index contributed by atoms with van der Waals surface area (Å²) < 4.78 is 0. The highest BCUT2D eigenvalue weighted by atomic mass is 16.1. The number of carbonyl (C=O) groups excluding carboxylic acids is 1. The summed E-state index contributed by atoms with van der Waals surface area (Å²) in [5.41, 5.74) is 2.52. The quantitative estimate of drug-likeness (QED) is 0.935. The van der Waals surface area contributed by atoms with Crippen LogP contribution in [0, 0.1) is 5.92 Å². The lowest BCUT2D eigenvalue weighted by Gasteiger charge is -2.33. The number of hydrogen-bond acceptors (Lipinski definition) is 5. The van der Waals surface area contributed by atoms with Gasteiger partial charge >= 0.3 is 0 Å². The minimum atomic E-state index is 0.117. The molecule has 22 heavy (non-hydrogen) atoms. The lowest BCUT2D eigenvalue weighted by atomic mass is 9.95. The van der Waals surface area contributed by atoms with Crippen molar-refractivity contribution >= 4 is 22.8 Å². The van der Waals surface area contributed by atoms with Gasteiger partial charge in [0.2, 0.25) is 5.91 Å². The van der Waals surface area contributed by atoms with Gasteiger partial charge in [0.1, 0.15) is 5.52 Å². The van der Waals surface area contributed by atoms with Gasteiger partial charge in [0.25, 0.3) is 0 Å². The molecular formula is C16H21N5O. The van der Waals surface area contributed by atoms with Gasteiger partial charge in [-0.15, -0.1) is 0 Å². The van der Waals surface area contributed by atoms with E-state index in [0.29, 0.717) is 5.65 Å². The molecule has 0 unspecified atom stereocenters. The van der Waals surface area contributed by atoms with Crippen molar-refractivity contribution < 1.29 is 4.79 Å². The predicted molar refractivity (Wildman–Crippen MR) is 85.5 cm³/mol. The van der Waals surface area contributed by atoms with Crippen LogP contribution in [-0.4, -0.2) is 40.0 Å². The van der Waals surface area contributed by atoms with Crippen molar-refractivity contribution in [3.8, 4) is 0 Å². The Hall–Kier alpha value is -2.24. The Morgan fingerprint density at radius 2 is 1.95 bits per heavy atom. The molecule has 1 N–H and O–H groups in total. The molecule has 0 atom stereocenters. The van der Waals surface area contributed by atoms with Crippen molar-refractivity contribution in [2.75, 3.05) is 18.0 Å². The highest BCUT2D eigenvalue weighted by Crippen LogP contribution is 2.24. The van der Waals surface area contributed by atoms with Crippen LogP contribution in [0.2, 0.25) is 0 Å². The standard InChI is InChI=1S/C16H21N5O/c1-11(2)20-16(22)12-3-7-21(8-4-12)13-9-14-15(19-10-13)18-6-5-17-14/h5-6,9-12H,3-4,7-8H2,1-2H3,(H,20,22). The molecule has 1 aliphatic rings. The van der Waals surface area contributed by atoms with Gasteiger partial charge in [-0.3, -0.25) is 9.78 Å². The Morgan fingerprint density at radius 1 is 1.23 bits per heavy atom. The van der Waals surface area contributed by atoms with Gasteiger partial charge < -0.3 is 10.2 Å². The first kappa shape index (κ1) is 14.7. The first-order valence-electron chi connectivity index (χ1n) is 7.75. The lowest BCUT2D eigenvalue weighted by Crippen LogP contribution is -2.42. The van der Waals surface area contributed by atoms with Gasteiger partial charge in [-0.2, -0.15) is 0 Å². The number of nitrogens with zero attached hydrogens (tertiary/aromatic N) is 4. The van der Waals surface area contributed by atoms with Crippen LogP contribution in [0.3, 0.4) is 0 Å². The Labute approximate surface area is 130 Å². The first-order valence-corrected chi connectivity index (χ1v) is 7.75. The van der Waals surface area contributed by atoms with Crippen molar-refractivity contribution in [3.63, 3.8) is 0 Å². The molecule has 1 saturated heterocycles. The number of nitrogens with one attached hydrogen (secondary N) is 1. The zero-order chi connectivity index (χ0) is 15.5. The molecule has 2 aromatic rings. The third-order valence-electron chi connectivity index (χ3n) is 3.97. The fourth-order valence-corrected chi connectivity index (χ4v) is 2.82. The second kappa shape index (κ2) is 6.25. The molecular weight excluding hydrogens is 278 g/mol. The van der Waals surface area contributed by atoms with Gasteiger partial charge in [-0.05, 0) is 32.8 Å². The summed E-state index contributed by atoms with van der Waals surface area (Å²) in [6, 6.07) is 2.22. The SMILES string of the molecule is CC(C)NC(=O)C1CCN(c2cnc3nccnc3c2)CC1. The highest BCUT2D eigenvalue weighted by Gasteiger charge is 2.25. The Balaban J connectivity index is 1.66. The number of anilines is 1. The van der Waals surface area contributed by atoms with Crippen LogP contribution in [0.4, 0.5) is 5.69 Å². The molecule has 6 nitrogen and oxygen atoms in total. The Kier molecular flexibility index (Phi) is 4.18. The monoisotopic (exact) mass is 299 g/mol. The molecule has 1 fully saturated rings. The summed E-state index contributed by atoms with van der Waals surface area (Å²) in [6.07, 6.45) is 6.91. The number of fused-ring (bicyclic) bond motifs is 1. The molecule has 0 saturated carbocycles. The number of amides is 1. The zero-order valence-electron chi connectivity index (χ0n) is 13.0. The topological polar surface area (TPSA) is 71.0 Å². The molecule has 0 bridgehead atoms. The molecule has 0 spiro atoms. The second-order valence-corrected chi connectivity index (χ2v) is 6.02. The van der Waals surface area contributed by atoms with Crippen LogP contribution in [0.5, 0.6) is 0 Å². The van der Waals surface area contributed by atoms with E-state index in [1.54, 1.807) is 12.4 Å². The smallest absolute Gasteiger partial charge is 0.223 e. The molecule has 116 valence electrons. The van der Waals surface area contributed by atoms with Crippen molar-refractivity contribution in [2.24, 2.45) is 5.92 Å². The number of carbonyl (C=O) groups is 1. The molecule has 3 rings (SSSR count). The number of hydrogen-bond donors (Lipinski definition) is 1. The van der Waals surface area contributed by atoms with E-state index in [2.05, 4.69) is 25.2 Å². The maximum atomic E-state index is 12.1. The van der Waals surface area contributed by atoms with Gasteiger partial charge in [0.15, 0.2) is 5.65 Å². The predicted octanol–water partition coefficient (Wildman–Crippen LogP) is 1.77. The van der Waals surface area contributed by atoms with Crippen LogP contribution in [-0.2, 0) is 4.79 Å². The van der Waals surface area contributed by atoms with E-state index in [-0.39, 0.29) is 17.9 Å². The number of pyridine rings is 1. The van der Waals surface area contributed by atoms with E-state index >= 15 is 0 Å². The number of piperidine rings is 1. The Morgan fingerprint density at radius 3 is 2.68 bits per heavy atom. The maximum absolute atomic E-state index is 12.1. The van der Waals surface area contributed by atoms with Crippen molar-refractivity contribution in [3.05, 3.63) is 24.7 Å². The summed E-state index contributed by atoms with van der Waals surface area (Å²) >= 11 is 0. The zero-order valence-corrected chi connectivity index (χ0v) is 13.0. The first-order chi connectivity index (χ1) is 10.6. The van der Waals surface area contributed by atoms with Crippen LogP contribution in [0.1, 0.15) is 26.7 Å². The van der Waals surface area contributed by atoms with Crippen LogP contribution >= 0.6 is 0 Å². The third kappa shape index (κ3) is 3.16. The van der Waals surface area contributed by atoms with Crippen molar-refractivity contribution in [1.29, 1.82) is 0 Å². The molecule has 0 aromatic carbocycles. The molecule has 1 aliphatic heterocycles. The fraction of sp³-hybridized carbons (Fsp3) is 0.500. The lowest BCUT2D eigenvalue weighted by molar-refractivity contribution is -0.126. The Bertz CT molecular complexity index is 664. The highest BCUT2D eigenvalue weighted by molar-refractivity contribution is 5.79. The van der Waals surface area contributed by atoms with E-state index in [1.165, 1.54) is 0 Å². The van der Waals surface area contributed by atoms with Crippen molar-refractivity contribution in [1.82, 2.24) is 20.3 Å². The van der Waals surface area contributed by atoms with Gasteiger partial charge in [0, 0.05) is 37.4 Å². The molecule has 3 heterocycles. The normalized spacial score (nSPS) is 16.2. The molecule has 0 radical (unpaired) electrons. The van der Waals surface area contributed by atoms with E-state index in [0.717, 1.165) is 37.1 Å². The van der Waals surface area contributed by atoms with E-state index in [1.807, 2.05) is 26.1 Å². The average molecular weight is 299 g/mol. The summed E-state index contributed by atoms with van der Waals surface area (Å²) in [6.45, 7) is 5.72. The summed E-state index contributed by atoms with van der Waals surface area (Å²) in [5, 5.41) is 3.00.